The Kier molecular flexibility index (Phi) is 3.46. The second-order valence-corrected chi connectivity index (χ2v) is 10.2. The van der Waals surface area contributed by atoms with E-state index in [4.69, 9.17) is 4.42 Å². The van der Waals surface area contributed by atoms with Gasteiger partial charge in [0.2, 0.25) is 5.69 Å². The summed E-state index contributed by atoms with van der Waals surface area (Å²) in [6, 6.07) is 22.0. The van der Waals surface area contributed by atoms with Crippen LogP contribution in [0.1, 0.15) is 50.2 Å². The molecule has 154 valence electrons. The van der Waals surface area contributed by atoms with Crippen LogP contribution in [0.15, 0.2) is 65.1 Å². The molecule has 0 saturated heterocycles. The van der Waals surface area contributed by atoms with Gasteiger partial charge < -0.3 is 4.42 Å². The number of rotatable bonds is 0. The molecule has 2 aromatic heterocycles. The lowest BCUT2D eigenvalue weighted by molar-refractivity contribution is -0.621. The molecule has 2 heteroatoms. The lowest BCUT2D eigenvalue weighted by atomic mass is 9.59. The minimum absolute atomic E-state index is 0.0155. The number of hydrogen-bond acceptors (Lipinski definition) is 1. The van der Waals surface area contributed by atoms with Crippen LogP contribution in [0.5, 0.6) is 0 Å². The Morgan fingerprint density at radius 3 is 2.29 bits per heavy atom. The Labute approximate surface area is 183 Å². The van der Waals surface area contributed by atoms with E-state index in [2.05, 4.69) is 107 Å². The summed E-state index contributed by atoms with van der Waals surface area (Å²) in [7, 11) is 0. The molecule has 31 heavy (non-hydrogen) atoms. The summed E-state index contributed by atoms with van der Waals surface area (Å²) in [6.45, 7) is 14.0. The molecule has 1 aliphatic heterocycles. The molecule has 0 fully saturated rings. The topological polar surface area (TPSA) is 17.0 Å². The van der Waals surface area contributed by atoms with Crippen LogP contribution >= 0.6 is 0 Å². The number of aryl methyl sites for hydroxylation is 2. The maximum absolute atomic E-state index is 6.62. The first-order valence-corrected chi connectivity index (χ1v) is 11.1. The maximum Gasteiger partial charge on any atom is 0.221 e. The van der Waals surface area contributed by atoms with E-state index in [0.29, 0.717) is 0 Å². The molecule has 3 heterocycles. The van der Waals surface area contributed by atoms with Gasteiger partial charge in [-0.3, -0.25) is 0 Å². The monoisotopic (exact) mass is 406 g/mol. The van der Waals surface area contributed by atoms with Crippen molar-refractivity contribution in [3.05, 3.63) is 83.2 Å². The molecule has 0 atom stereocenters. The van der Waals surface area contributed by atoms with Crippen LogP contribution in [0.25, 0.3) is 38.4 Å². The van der Waals surface area contributed by atoms with E-state index >= 15 is 0 Å². The van der Waals surface area contributed by atoms with Gasteiger partial charge in [0, 0.05) is 46.2 Å². The largest absolute Gasteiger partial charge is 0.455 e. The molecule has 5 aromatic rings. The van der Waals surface area contributed by atoms with Crippen molar-refractivity contribution in [1.82, 2.24) is 0 Å². The minimum atomic E-state index is -0.0322. The number of aromatic nitrogens is 1. The first-order valence-electron chi connectivity index (χ1n) is 11.1. The Morgan fingerprint density at radius 1 is 0.710 bits per heavy atom. The number of pyridine rings is 1. The van der Waals surface area contributed by atoms with Gasteiger partial charge >= 0.3 is 0 Å². The Bertz CT molecular complexity index is 1550. The predicted molar refractivity (Wildman–Crippen MR) is 128 cm³/mol. The van der Waals surface area contributed by atoms with Gasteiger partial charge in [-0.15, -0.1) is 0 Å². The third-order valence-corrected chi connectivity index (χ3v) is 8.14. The third-order valence-electron chi connectivity index (χ3n) is 8.14. The van der Waals surface area contributed by atoms with Crippen molar-refractivity contribution in [2.45, 2.75) is 52.4 Å². The standard InChI is InChI=1S/C29H28NO/c1-17-10-9-13-24-29(5,6)28(3,4)23-16-22-21-15-14-19-11-7-8-12-20(19)27(21)31-26(22)18(2)25(23)30(17)24/h7-16H,1-6H3/q+1. The molecule has 1 aliphatic rings. The fraction of sp³-hybridized carbons (Fsp3) is 0.276. The van der Waals surface area contributed by atoms with Crippen molar-refractivity contribution >= 4 is 32.7 Å². The van der Waals surface area contributed by atoms with E-state index in [1.807, 2.05) is 0 Å². The second kappa shape index (κ2) is 5.76. The first kappa shape index (κ1) is 18.6. The molecule has 3 aromatic carbocycles. The average Bonchev–Trinajstić information content (AvgIpc) is 3.12. The summed E-state index contributed by atoms with van der Waals surface area (Å²) in [5.41, 5.74) is 8.46. The van der Waals surface area contributed by atoms with Gasteiger partial charge in [-0.1, -0.05) is 44.2 Å². The van der Waals surface area contributed by atoms with Gasteiger partial charge in [-0.25, -0.2) is 0 Å². The predicted octanol–water partition coefficient (Wildman–Crippen LogP) is 7.20. The van der Waals surface area contributed by atoms with Crippen LogP contribution in [0.2, 0.25) is 0 Å². The van der Waals surface area contributed by atoms with Crippen LogP contribution in [-0.4, -0.2) is 0 Å². The maximum atomic E-state index is 6.62. The quantitative estimate of drug-likeness (QED) is 0.248. The van der Waals surface area contributed by atoms with E-state index in [-0.39, 0.29) is 10.8 Å². The van der Waals surface area contributed by atoms with Crippen LogP contribution in [0.3, 0.4) is 0 Å². The highest BCUT2D eigenvalue weighted by atomic mass is 16.3. The van der Waals surface area contributed by atoms with E-state index < -0.39 is 0 Å². The molecule has 0 unspecified atom stereocenters. The number of furan rings is 1. The Morgan fingerprint density at radius 2 is 1.48 bits per heavy atom. The number of nitrogens with zero attached hydrogens (tertiary/aromatic N) is 1. The zero-order valence-corrected chi connectivity index (χ0v) is 19.1. The number of hydrogen-bond donors (Lipinski definition) is 0. The average molecular weight is 407 g/mol. The summed E-state index contributed by atoms with van der Waals surface area (Å²) in [5, 5.41) is 4.82. The molecular formula is C29H28NO+. The van der Waals surface area contributed by atoms with Crippen molar-refractivity contribution in [3.63, 3.8) is 0 Å². The Hall–Kier alpha value is -3.13. The molecule has 0 radical (unpaired) electrons. The smallest absolute Gasteiger partial charge is 0.221 e. The summed E-state index contributed by atoms with van der Waals surface area (Å²) >= 11 is 0. The molecule has 0 N–H and O–H groups in total. The van der Waals surface area contributed by atoms with Gasteiger partial charge in [0.05, 0.1) is 11.0 Å². The van der Waals surface area contributed by atoms with Crippen molar-refractivity contribution in [1.29, 1.82) is 0 Å². The summed E-state index contributed by atoms with van der Waals surface area (Å²) in [6.07, 6.45) is 0. The van der Waals surface area contributed by atoms with Crippen LogP contribution in [-0.2, 0) is 10.8 Å². The summed E-state index contributed by atoms with van der Waals surface area (Å²) in [4.78, 5) is 0. The molecule has 0 aliphatic carbocycles. The zero-order valence-electron chi connectivity index (χ0n) is 19.1. The lowest BCUT2D eigenvalue weighted by Gasteiger charge is -2.43. The van der Waals surface area contributed by atoms with Gasteiger partial charge in [0.25, 0.3) is 0 Å². The van der Waals surface area contributed by atoms with Crippen molar-refractivity contribution in [3.8, 4) is 5.69 Å². The van der Waals surface area contributed by atoms with Crippen LogP contribution < -0.4 is 4.57 Å². The van der Waals surface area contributed by atoms with E-state index in [1.165, 1.54) is 49.7 Å². The molecule has 0 spiro atoms. The molecule has 0 bridgehead atoms. The fourth-order valence-corrected chi connectivity index (χ4v) is 5.61. The third kappa shape index (κ3) is 2.15. The highest BCUT2D eigenvalue weighted by molar-refractivity contribution is 6.16. The summed E-state index contributed by atoms with van der Waals surface area (Å²) < 4.78 is 9.08. The number of benzene rings is 3. The van der Waals surface area contributed by atoms with Crippen LogP contribution in [0.4, 0.5) is 0 Å². The minimum Gasteiger partial charge on any atom is -0.455 e. The molecule has 2 nitrogen and oxygen atoms in total. The van der Waals surface area contributed by atoms with E-state index in [0.717, 1.165) is 11.2 Å². The van der Waals surface area contributed by atoms with E-state index in [1.54, 1.807) is 0 Å². The molecular weight excluding hydrogens is 378 g/mol. The SMILES string of the molecule is Cc1c2c(cc3c1oc1c4ccccc4ccc31)C(C)(C)C(C)(C)c1cccc(C)[n+]1-2. The fourth-order valence-electron chi connectivity index (χ4n) is 5.61. The molecule has 0 amide bonds. The number of fused-ring (bicyclic) bond motifs is 8. The highest BCUT2D eigenvalue weighted by Crippen LogP contribution is 2.50. The lowest BCUT2D eigenvalue weighted by Crippen LogP contribution is -2.57. The van der Waals surface area contributed by atoms with Crippen molar-refractivity contribution in [2.75, 3.05) is 0 Å². The van der Waals surface area contributed by atoms with Gasteiger partial charge in [-0.05, 0) is 44.4 Å². The molecule has 0 saturated carbocycles. The second-order valence-electron chi connectivity index (χ2n) is 10.2. The van der Waals surface area contributed by atoms with Crippen molar-refractivity contribution < 1.29 is 8.98 Å². The normalized spacial score (nSPS) is 16.6. The Balaban J connectivity index is 1.84. The van der Waals surface area contributed by atoms with Gasteiger partial charge in [0.15, 0.2) is 11.4 Å². The van der Waals surface area contributed by atoms with E-state index in [9.17, 15) is 0 Å². The zero-order chi connectivity index (χ0) is 21.7. The summed E-state index contributed by atoms with van der Waals surface area (Å²) in [5.74, 6) is 0. The van der Waals surface area contributed by atoms with Gasteiger partial charge in [-0.2, -0.15) is 4.57 Å². The first-order chi connectivity index (χ1) is 14.7. The molecule has 6 rings (SSSR count). The van der Waals surface area contributed by atoms with Gasteiger partial charge in [0.1, 0.15) is 11.2 Å². The van der Waals surface area contributed by atoms with Crippen molar-refractivity contribution in [2.24, 2.45) is 0 Å². The highest BCUT2D eigenvalue weighted by Gasteiger charge is 2.53. The van der Waals surface area contributed by atoms with Crippen LogP contribution in [0, 0.1) is 13.8 Å².